The average molecular weight is 443 g/mol. The van der Waals surface area contributed by atoms with Gasteiger partial charge < -0.3 is 14.3 Å². The lowest BCUT2D eigenvalue weighted by atomic mass is 10.1. The van der Waals surface area contributed by atoms with Crippen LogP contribution in [0, 0.1) is 6.92 Å². The van der Waals surface area contributed by atoms with Crippen molar-refractivity contribution < 1.29 is 9.32 Å². The number of amides is 1. The number of aromatic nitrogens is 4. The second-order valence-electron chi connectivity index (χ2n) is 8.12. The van der Waals surface area contributed by atoms with Crippen LogP contribution in [0.1, 0.15) is 28.9 Å². The summed E-state index contributed by atoms with van der Waals surface area (Å²) in [6, 6.07) is 17.9. The van der Waals surface area contributed by atoms with Gasteiger partial charge in [0.15, 0.2) is 5.69 Å². The number of nitrogens with zero attached hydrogens (tertiary/aromatic N) is 6. The molecule has 0 bridgehead atoms. The first-order valence-electron chi connectivity index (χ1n) is 11.2. The summed E-state index contributed by atoms with van der Waals surface area (Å²) in [7, 11) is 0. The summed E-state index contributed by atoms with van der Waals surface area (Å²) in [5.41, 5.74) is 4.68. The van der Waals surface area contributed by atoms with E-state index in [1.54, 1.807) is 10.7 Å². The predicted octanol–water partition coefficient (Wildman–Crippen LogP) is 3.76. The van der Waals surface area contributed by atoms with E-state index in [1.807, 2.05) is 42.3 Å². The number of anilines is 1. The first-order valence-corrected chi connectivity index (χ1v) is 11.2. The van der Waals surface area contributed by atoms with Crippen LogP contribution in [0.4, 0.5) is 5.69 Å². The van der Waals surface area contributed by atoms with Crippen molar-refractivity contribution in [1.29, 1.82) is 0 Å². The maximum Gasteiger partial charge on any atom is 0.274 e. The molecule has 0 radical (unpaired) electrons. The zero-order valence-electron chi connectivity index (χ0n) is 18.8. The Morgan fingerprint density at radius 2 is 1.76 bits per heavy atom. The highest BCUT2D eigenvalue weighted by Gasteiger charge is 2.24. The minimum absolute atomic E-state index is 0.0336. The van der Waals surface area contributed by atoms with E-state index in [-0.39, 0.29) is 5.91 Å². The number of hydrogen-bond acceptors (Lipinski definition) is 6. The number of aryl methyl sites for hydroxylation is 2. The summed E-state index contributed by atoms with van der Waals surface area (Å²) in [6.45, 7) is 7.08. The number of carbonyl (C=O) groups is 1. The van der Waals surface area contributed by atoms with Crippen molar-refractivity contribution in [3.05, 3.63) is 77.9 Å². The highest BCUT2D eigenvalue weighted by atomic mass is 16.5. The van der Waals surface area contributed by atoms with Crippen LogP contribution in [0.25, 0.3) is 17.1 Å². The maximum absolute atomic E-state index is 13.0. The van der Waals surface area contributed by atoms with Crippen LogP contribution < -0.4 is 4.90 Å². The first-order chi connectivity index (χ1) is 16.1. The van der Waals surface area contributed by atoms with Gasteiger partial charge in [-0.15, -0.1) is 0 Å². The van der Waals surface area contributed by atoms with Crippen LogP contribution >= 0.6 is 0 Å². The Balaban J connectivity index is 1.24. The number of hydrogen-bond donors (Lipinski definition) is 0. The lowest BCUT2D eigenvalue weighted by Crippen LogP contribution is -2.49. The van der Waals surface area contributed by atoms with Crippen molar-refractivity contribution in [2.24, 2.45) is 0 Å². The zero-order chi connectivity index (χ0) is 22.8. The van der Waals surface area contributed by atoms with Crippen molar-refractivity contribution in [2.45, 2.75) is 20.3 Å². The third-order valence-electron chi connectivity index (χ3n) is 5.99. The molecule has 1 amide bonds. The number of piperazine rings is 1. The van der Waals surface area contributed by atoms with E-state index in [0.29, 0.717) is 36.9 Å². The standard InChI is InChI=1S/C25H26N6O2/c1-3-23-26-24(28-33-23)19-8-10-20(11-9-19)31-13-12-21(27-31)25(32)30-16-14-29(15-17-30)22-7-5-4-6-18(22)2/h4-13H,3,14-17H2,1-2H3. The Morgan fingerprint density at radius 3 is 2.45 bits per heavy atom. The fourth-order valence-electron chi connectivity index (χ4n) is 4.09. The SMILES string of the molecule is CCc1nc(-c2ccc(-n3ccc(C(=O)N4CCN(c5ccccc5C)CC4)n3)cc2)no1. The molecular weight excluding hydrogens is 416 g/mol. The van der Waals surface area contributed by atoms with E-state index in [2.05, 4.69) is 51.3 Å². The van der Waals surface area contributed by atoms with Crippen LogP contribution in [-0.2, 0) is 6.42 Å². The Kier molecular flexibility index (Phi) is 5.64. The van der Waals surface area contributed by atoms with E-state index in [0.717, 1.165) is 24.3 Å². The number of benzene rings is 2. The summed E-state index contributed by atoms with van der Waals surface area (Å²) < 4.78 is 6.90. The van der Waals surface area contributed by atoms with Crippen molar-refractivity contribution >= 4 is 11.6 Å². The third kappa shape index (κ3) is 4.24. The molecule has 1 fully saturated rings. The highest BCUT2D eigenvalue weighted by molar-refractivity contribution is 5.92. The van der Waals surface area contributed by atoms with Gasteiger partial charge in [0.2, 0.25) is 11.7 Å². The first kappa shape index (κ1) is 20.9. The molecule has 8 heteroatoms. The molecule has 1 aliphatic rings. The average Bonchev–Trinajstić information content (AvgIpc) is 3.54. The van der Waals surface area contributed by atoms with Gasteiger partial charge in [0.25, 0.3) is 5.91 Å². The largest absolute Gasteiger partial charge is 0.368 e. The maximum atomic E-state index is 13.0. The molecule has 0 aliphatic carbocycles. The second kappa shape index (κ2) is 8.90. The fraction of sp³-hybridized carbons (Fsp3) is 0.280. The van der Waals surface area contributed by atoms with Gasteiger partial charge in [-0.2, -0.15) is 10.1 Å². The normalized spacial score (nSPS) is 14.0. The van der Waals surface area contributed by atoms with Gasteiger partial charge in [0.05, 0.1) is 5.69 Å². The van der Waals surface area contributed by atoms with Crippen LogP contribution in [0.5, 0.6) is 0 Å². The smallest absolute Gasteiger partial charge is 0.274 e. The summed E-state index contributed by atoms with van der Waals surface area (Å²) in [6.07, 6.45) is 2.52. The van der Waals surface area contributed by atoms with E-state index in [4.69, 9.17) is 4.52 Å². The zero-order valence-corrected chi connectivity index (χ0v) is 18.8. The molecule has 2 aromatic carbocycles. The minimum Gasteiger partial charge on any atom is -0.368 e. The molecule has 8 nitrogen and oxygen atoms in total. The van der Waals surface area contributed by atoms with Crippen molar-refractivity contribution in [3.63, 3.8) is 0 Å². The van der Waals surface area contributed by atoms with Crippen molar-refractivity contribution in [2.75, 3.05) is 31.1 Å². The molecule has 5 rings (SSSR count). The van der Waals surface area contributed by atoms with Gasteiger partial charge in [0, 0.05) is 50.0 Å². The molecule has 0 spiro atoms. The van der Waals surface area contributed by atoms with Gasteiger partial charge in [-0.25, -0.2) is 4.68 Å². The van der Waals surface area contributed by atoms with Gasteiger partial charge in [0.1, 0.15) is 0 Å². The van der Waals surface area contributed by atoms with Crippen LogP contribution in [-0.4, -0.2) is 56.9 Å². The highest BCUT2D eigenvalue weighted by Crippen LogP contribution is 2.22. The topological polar surface area (TPSA) is 80.3 Å². The molecule has 0 atom stereocenters. The predicted molar refractivity (Wildman–Crippen MR) is 126 cm³/mol. The molecule has 1 aliphatic heterocycles. The molecule has 0 saturated carbocycles. The third-order valence-corrected chi connectivity index (χ3v) is 5.99. The van der Waals surface area contributed by atoms with Gasteiger partial charge in [-0.1, -0.05) is 30.3 Å². The van der Waals surface area contributed by atoms with Crippen molar-refractivity contribution in [3.8, 4) is 17.1 Å². The second-order valence-corrected chi connectivity index (χ2v) is 8.12. The van der Waals surface area contributed by atoms with Gasteiger partial charge in [-0.05, 0) is 48.9 Å². The lowest BCUT2D eigenvalue weighted by Gasteiger charge is -2.36. The van der Waals surface area contributed by atoms with Gasteiger partial charge >= 0.3 is 0 Å². The Hall–Kier alpha value is -3.94. The van der Waals surface area contributed by atoms with E-state index < -0.39 is 0 Å². The van der Waals surface area contributed by atoms with Crippen LogP contribution in [0.15, 0.2) is 65.3 Å². The summed E-state index contributed by atoms with van der Waals surface area (Å²) in [5.74, 6) is 1.15. The van der Waals surface area contributed by atoms with Crippen LogP contribution in [0.2, 0.25) is 0 Å². The van der Waals surface area contributed by atoms with Crippen molar-refractivity contribution in [1.82, 2.24) is 24.8 Å². The Morgan fingerprint density at radius 1 is 1.00 bits per heavy atom. The fourth-order valence-corrected chi connectivity index (χ4v) is 4.09. The molecular formula is C25H26N6O2. The van der Waals surface area contributed by atoms with Gasteiger partial charge in [-0.3, -0.25) is 4.79 Å². The number of carbonyl (C=O) groups excluding carboxylic acids is 1. The molecule has 168 valence electrons. The van der Waals surface area contributed by atoms with Crippen LogP contribution in [0.3, 0.4) is 0 Å². The quantitative estimate of drug-likeness (QED) is 0.468. The number of para-hydroxylation sites is 1. The van der Waals surface area contributed by atoms with E-state index >= 15 is 0 Å². The number of rotatable bonds is 5. The Bertz CT molecular complexity index is 1250. The lowest BCUT2D eigenvalue weighted by molar-refractivity contribution is 0.0740. The summed E-state index contributed by atoms with van der Waals surface area (Å²) >= 11 is 0. The van der Waals surface area contributed by atoms with E-state index in [1.165, 1.54) is 11.3 Å². The monoisotopic (exact) mass is 442 g/mol. The Labute approximate surface area is 192 Å². The molecule has 0 N–H and O–H groups in total. The molecule has 1 saturated heterocycles. The molecule has 2 aromatic heterocycles. The molecule has 0 unspecified atom stereocenters. The minimum atomic E-state index is -0.0336. The summed E-state index contributed by atoms with van der Waals surface area (Å²) in [5, 5.41) is 8.53. The molecule has 4 aromatic rings. The molecule has 3 heterocycles. The summed E-state index contributed by atoms with van der Waals surface area (Å²) in [4.78, 5) is 21.6. The van der Waals surface area contributed by atoms with E-state index in [9.17, 15) is 4.79 Å². The molecule has 33 heavy (non-hydrogen) atoms.